The molecule has 0 aromatic carbocycles. The molecule has 0 spiro atoms. The Kier molecular flexibility index (Phi) is 6.26. The van der Waals surface area contributed by atoms with Crippen molar-refractivity contribution in [3.05, 3.63) is 0 Å². The molecule has 0 aliphatic carbocycles. The maximum absolute atomic E-state index is 10.5. The third-order valence-electron chi connectivity index (χ3n) is 5.89. The van der Waals surface area contributed by atoms with E-state index in [9.17, 15) is 5.11 Å². The first-order valence-corrected chi connectivity index (χ1v) is 9.19. The van der Waals surface area contributed by atoms with Gasteiger partial charge in [-0.15, -0.1) is 0 Å². The van der Waals surface area contributed by atoms with Crippen molar-refractivity contribution in [2.24, 2.45) is 5.92 Å². The van der Waals surface area contributed by atoms with Crippen molar-refractivity contribution < 1.29 is 38.3 Å². The lowest BCUT2D eigenvalue weighted by Crippen LogP contribution is -2.70. The van der Waals surface area contributed by atoms with Crippen LogP contribution >= 0.6 is 0 Å². The average molecular weight is 376 g/mol. The SMILES string of the molecule is COCC1O[C@H](C)C(OC)C(OC)[C@@H]1O[C@@H]1OC2(C)COC1[C@@H](C)[C@@H]2O. The summed E-state index contributed by atoms with van der Waals surface area (Å²) in [7, 11) is 4.88. The van der Waals surface area contributed by atoms with Crippen molar-refractivity contribution in [2.45, 2.75) is 75.4 Å². The monoisotopic (exact) mass is 376 g/mol. The Morgan fingerprint density at radius 3 is 2.35 bits per heavy atom. The highest BCUT2D eigenvalue weighted by atomic mass is 16.8. The van der Waals surface area contributed by atoms with Crippen molar-refractivity contribution in [1.82, 2.24) is 0 Å². The first-order chi connectivity index (χ1) is 12.4. The van der Waals surface area contributed by atoms with Gasteiger partial charge in [-0.25, -0.2) is 0 Å². The second-order valence-electron chi connectivity index (χ2n) is 7.71. The van der Waals surface area contributed by atoms with E-state index in [0.717, 1.165) is 0 Å². The van der Waals surface area contributed by atoms with Crippen LogP contribution in [0.3, 0.4) is 0 Å². The molecule has 10 atom stereocenters. The van der Waals surface area contributed by atoms with E-state index >= 15 is 0 Å². The minimum absolute atomic E-state index is 0.101. The van der Waals surface area contributed by atoms with Crippen molar-refractivity contribution in [2.75, 3.05) is 34.5 Å². The Labute approximate surface area is 155 Å². The van der Waals surface area contributed by atoms with Gasteiger partial charge in [0.05, 0.1) is 25.4 Å². The molecule has 4 aliphatic rings. The summed E-state index contributed by atoms with van der Waals surface area (Å²) in [6, 6.07) is 0. The van der Waals surface area contributed by atoms with Crippen LogP contribution in [0, 0.1) is 5.92 Å². The summed E-state index contributed by atoms with van der Waals surface area (Å²) < 4.78 is 41.0. The molecule has 26 heavy (non-hydrogen) atoms. The van der Waals surface area contributed by atoms with E-state index in [1.54, 1.807) is 21.3 Å². The zero-order valence-corrected chi connectivity index (χ0v) is 16.4. The van der Waals surface area contributed by atoms with E-state index in [-0.39, 0.29) is 36.4 Å². The fourth-order valence-corrected chi connectivity index (χ4v) is 4.41. The van der Waals surface area contributed by atoms with Crippen LogP contribution in [-0.2, 0) is 33.2 Å². The van der Waals surface area contributed by atoms with Crippen LogP contribution in [-0.4, -0.2) is 94.3 Å². The van der Waals surface area contributed by atoms with Gasteiger partial charge in [-0.05, 0) is 13.8 Å². The highest BCUT2D eigenvalue weighted by molar-refractivity contribution is 5.02. The normalized spacial score (nSPS) is 51.6. The largest absolute Gasteiger partial charge is 0.390 e. The van der Waals surface area contributed by atoms with Crippen molar-refractivity contribution in [3.8, 4) is 0 Å². The number of aliphatic hydroxyl groups excluding tert-OH is 1. The molecule has 0 amide bonds. The molecule has 0 aromatic rings. The molecule has 8 heteroatoms. The van der Waals surface area contributed by atoms with Gasteiger partial charge in [0, 0.05) is 27.2 Å². The van der Waals surface area contributed by atoms with Crippen LogP contribution in [0.5, 0.6) is 0 Å². The smallest absolute Gasteiger partial charge is 0.185 e. The van der Waals surface area contributed by atoms with Crippen LogP contribution in [0.15, 0.2) is 0 Å². The Balaban J connectivity index is 1.80. The maximum atomic E-state index is 10.5. The number of fused-ring (bicyclic) bond motifs is 3. The van der Waals surface area contributed by atoms with E-state index in [1.807, 2.05) is 20.8 Å². The number of methoxy groups -OCH3 is 3. The molecule has 0 aromatic heterocycles. The lowest BCUT2D eigenvalue weighted by molar-refractivity contribution is -0.399. The highest BCUT2D eigenvalue weighted by Gasteiger charge is 2.58. The highest BCUT2D eigenvalue weighted by Crippen LogP contribution is 2.42. The predicted molar refractivity (Wildman–Crippen MR) is 90.9 cm³/mol. The standard InChI is InChI=1S/C18H32O8/c1-9-12-17(26-18(3,8-23-12)16(9)19)25-14-11(7-20-4)24-10(2)13(21-5)15(14)22-6/h9-17,19H,7-8H2,1-6H3/t9-,10-,11?,12?,13?,14-,15?,16+,17-,18?/m1/s1. The summed E-state index contributed by atoms with van der Waals surface area (Å²) in [5.41, 5.74) is -0.790. The summed E-state index contributed by atoms with van der Waals surface area (Å²) in [6.45, 7) is 6.44. The van der Waals surface area contributed by atoms with E-state index in [2.05, 4.69) is 0 Å². The number of hydrogen-bond acceptors (Lipinski definition) is 8. The van der Waals surface area contributed by atoms with Gasteiger partial charge in [0.2, 0.25) is 0 Å². The summed E-state index contributed by atoms with van der Waals surface area (Å²) in [6.07, 6.45) is -3.15. The zero-order valence-electron chi connectivity index (χ0n) is 16.4. The molecule has 0 radical (unpaired) electrons. The number of ether oxygens (including phenoxy) is 7. The molecular formula is C18H32O8. The molecule has 4 saturated heterocycles. The van der Waals surface area contributed by atoms with E-state index in [0.29, 0.717) is 13.2 Å². The molecule has 4 fully saturated rings. The summed E-state index contributed by atoms with van der Waals surface area (Å²) in [4.78, 5) is 0. The molecule has 5 unspecified atom stereocenters. The van der Waals surface area contributed by atoms with Gasteiger partial charge in [0.1, 0.15) is 36.1 Å². The topological polar surface area (TPSA) is 84.8 Å². The van der Waals surface area contributed by atoms with E-state index in [1.165, 1.54) is 0 Å². The van der Waals surface area contributed by atoms with Crippen LogP contribution in [0.2, 0.25) is 0 Å². The molecule has 0 saturated carbocycles. The van der Waals surface area contributed by atoms with Crippen LogP contribution in [0.25, 0.3) is 0 Å². The molecule has 4 rings (SSSR count). The maximum Gasteiger partial charge on any atom is 0.185 e. The van der Waals surface area contributed by atoms with Gasteiger partial charge < -0.3 is 38.3 Å². The average Bonchev–Trinajstić information content (AvgIpc) is 2.61. The lowest BCUT2D eigenvalue weighted by Gasteiger charge is -2.55. The minimum atomic E-state index is -0.790. The Morgan fingerprint density at radius 1 is 1.08 bits per heavy atom. The molecular weight excluding hydrogens is 344 g/mol. The van der Waals surface area contributed by atoms with Gasteiger partial charge in [-0.1, -0.05) is 6.92 Å². The molecule has 4 aliphatic heterocycles. The second-order valence-corrected chi connectivity index (χ2v) is 7.71. The van der Waals surface area contributed by atoms with Crippen LogP contribution in [0.4, 0.5) is 0 Å². The van der Waals surface area contributed by atoms with E-state index in [4.69, 9.17) is 33.2 Å². The fraction of sp³-hybridized carbons (Fsp3) is 1.00. The summed E-state index contributed by atoms with van der Waals surface area (Å²) >= 11 is 0. The summed E-state index contributed by atoms with van der Waals surface area (Å²) in [5.74, 6) is -0.101. The lowest BCUT2D eigenvalue weighted by atomic mass is 9.80. The molecule has 8 nitrogen and oxygen atoms in total. The Morgan fingerprint density at radius 2 is 1.77 bits per heavy atom. The number of rotatable bonds is 6. The molecule has 152 valence electrons. The van der Waals surface area contributed by atoms with Gasteiger partial charge >= 0.3 is 0 Å². The predicted octanol–water partition coefficient (Wildman–Crippen LogP) is 0.346. The molecule has 2 bridgehead atoms. The van der Waals surface area contributed by atoms with Gasteiger partial charge in [-0.2, -0.15) is 0 Å². The van der Waals surface area contributed by atoms with Crippen molar-refractivity contribution >= 4 is 0 Å². The minimum Gasteiger partial charge on any atom is -0.390 e. The zero-order chi connectivity index (χ0) is 19.1. The second kappa shape index (κ2) is 7.97. The molecule has 1 N–H and O–H groups in total. The van der Waals surface area contributed by atoms with Crippen LogP contribution < -0.4 is 0 Å². The van der Waals surface area contributed by atoms with Gasteiger partial charge in [0.25, 0.3) is 0 Å². The van der Waals surface area contributed by atoms with E-state index < -0.39 is 24.1 Å². The first-order valence-electron chi connectivity index (χ1n) is 9.19. The van der Waals surface area contributed by atoms with Crippen molar-refractivity contribution in [1.29, 1.82) is 0 Å². The van der Waals surface area contributed by atoms with Gasteiger partial charge in [-0.3, -0.25) is 0 Å². The quantitative estimate of drug-likeness (QED) is 0.711. The molecule has 4 heterocycles. The van der Waals surface area contributed by atoms with Gasteiger partial charge in [0.15, 0.2) is 6.29 Å². The van der Waals surface area contributed by atoms with Crippen LogP contribution in [0.1, 0.15) is 20.8 Å². The number of hydrogen-bond donors (Lipinski definition) is 1. The Bertz CT molecular complexity index is 476. The summed E-state index contributed by atoms with van der Waals surface area (Å²) in [5, 5.41) is 10.5. The number of aliphatic hydroxyl groups is 1. The third-order valence-corrected chi connectivity index (χ3v) is 5.89. The van der Waals surface area contributed by atoms with Crippen molar-refractivity contribution in [3.63, 3.8) is 0 Å². The third kappa shape index (κ3) is 3.42. The Hall–Kier alpha value is -0.320. The first kappa shape index (κ1) is 20.4. The fourth-order valence-electron chi connectivity index (χ4n) is 4.41.